The Morgan fingerprint density at radius 1 is 0.812 bits per heavy atom. The van der Waals surface area contributed by atoms with Gasteiger partial charge in [0.15, 0.2) is 0 Å². The molecule has 3 heteroatoms. The van der Waals surface area contributed by atoms with E-state index in [1.165, 1.54) is 57.8 Å². The Morgan fingerprint density at radius 3 is 1.56 bits per heavy atom. The second-order valence-electron chi connectivity index (χ2n) is 4.87. The molecule has 1 fully saturated rings. The van der Waals surface area contributed by atoms with Gasteiger partial charge in [-0.25, -0.2) is 0 Å². The van der Waals surface area contributed by atoms with Crippen LogP contribution in [0.1, 0.15) is 70.6 Å². The van der Waals surface area contributed by atoms with Gasteiger partial charge in [0.05, 0.1) is 0 Å². The highest BCUT2D eigenvalue weighted by molar-refractivity contribution is 6.62. The van der Waals surface area contributed by atoms with Gasteiger partial charge in [-0.15, -0.1) is 0 Å². The maximum Gasteiger partial charge on any atom is 0.314 e. The van der Waals surface area contributed by atoms with Crippen LogP contribution < -0.4 is 5.32 Å². The van der Waals surface area contributed by atoms with Gasteiger partial charge in [-0.3, -0.25) is 4.79 Å². The summed E-state index contributed by atoms with van der Waals surface area (Å²) in [6.07, 6.45) is 14.1. The zero-order chi connectivity index (χ0) is 11.6. The molecule has 0 bridgehead atoms. The van der Waals surface area contributed by atoms with E-state index in [9.17, 15) is 4.79 Å². The molecule has 1 saturated carbocycles. The number of carbonyl (C=O) groups excluding carboxylic acids is 1. The molecule has 0 aromatic carbocycles. The molecule has 1 rings (SSSR count). The van der Waals surface area contributed by atoms with Crippen molar-refractivity contribution in [1.29, 1.82) is 0 Å². The molecule has 0 aromatic heterocycles. The largest absolute Gasteiger partial charge is 0.340 e. The minimum Gasteiger partial charge on any atom is -0.340 e. The molecule has 0 saturated heterocycles. The smallest absolute Gasteiger partial charge is 0.314 e. The zero-order valence-electron chi connectivity index (χ0n) is 10.1. The fourth-order valence-electron chi connectivity index (χ4n) is 2.47. The fourth-order valence-corrected chi connectivity index (χ4v) is 2.62. The first-order chi connectivity index (χ1) is 7.79. The molecular formula is C13H24ClNO. The van der Waals surface area contributed by atoms with E-state index in [2.05, 4.69) is 5.32 Å². The first-order valence-electron chi connectivity index (χ1n) is 6.75. The molecule has 0 heterocycles. The van der Waals surface area contributed by atoms with Crippen LogP contribution in [0, 0.1) is 0 Å². The molecule has 1 aliphatic carbocycles. The van der Waals surface area contributed by atoms with Gasteiger partial charge >= 0.3 is 5.37 Å². The normalized spacial score (nSPS) is 21.8. The molecule has 0 radical (unpaired) electrons. The minimum absolute atomic E-state index is 0.310. The molecule has 1 aliphatic rings. The SMILES string of the molecule is O=C(Cl)NC1CCCCCCCCCCC1. The van der Waals surface area contributed by atoms with Gasteiger partial charge in [0, 0.05) is 6.04 Å². The van der Waals surface area contributed by atoms with Crippen molar-refractivity contribution >= 4 is 17.0 Å². The van der Waals surface area contributed by atoms with Crippen LogP contribution in [0.4, 0.5) is 4.79 Å². The summed E-state index contributed by atoms with van der Waals surface area (Å²) >= 11 is 5.39. The first kappa shape index (κ1) is 13.8. The fraction of sp³-hybridized carbons (Fsp3) is 0.923. The third kappa shape index (κ3) is 7.10. The summed E-state index contributed by atoms with van der Waals surface area (Å²) in [7, 11) is 0. The summed E-state index contributed by atoms with van der Waals surface area (Å²) in [6, 6.07) is 0.310. The molecule has 2 nitrogen and oxygen atoms in total. The van der Waals surface area contributed by atoms with Gasteiger partial charge in [0.2, 0.25) is 0 Å². The first-order valence-corrected chi connectivity index (χ1v) is 7.13. The molecule has 1 N–H and O–H groups in total. The summed E-state index contributed by atoms with van der Waals surface area (Å²) in [4.78, 5) is 10.8. The Kier molecular flexibility index (Phi) is 7.65. The van der Waals surface area contributed by atoms with Crippen molar-refractivity contribution < 1.29 is 4.79 Å². The van der Waals surface area contributed by atoms with Crippen molar-refractivity contribution in [1.82, 2.24) is 5.32 Å². The lowest BCUT2D eigenvalue weighted by Crippen LogP contribution is -2.31. The van der Waals surface area contributed by atoms with E-state index < -0.39 is 5.37 Å². The highest BCUT2D eigenvalue weighted by Gasteiger charge is 2.10. The molecule has 94 valence electrons. The molecule has 0 aliphatic heterocycles. The highest BCUT2D eigenvalue weighted by Crippen LogP contribution is 2.17. The standard InChI is InChI=1S/C13H24ClNO/c14-13(16)15-12-10-8-6-4-2-1-3-5-7-9-11-12/h12H,1-11H2,(H,15,16). The number of rotatable bonds is 1. The Morgan fingerprint density at radius 2 is 1.19 bits per heavy atom. The maximum absolute atomic E-state index is 10.8. The second kappa shape index (κ2) is 8.86. The van der Waals surface area contributed by atoms with Crippen molar-refractivity contribution in [3.8, 4) is 0 Å². The topological polar surface area (TPSA) is 29.1 Å². The molecule has 0 aromatic rings. The number of hydrogen-bond acceptors (Lipinski definition) is 1. The van der Waals surface area contributed by atoms with Crippen LogP contribution in [-0.4, -0.2) is 11.4 Å². The zero-order valence-corrected chi connectivity index (χ0v) is 10.9. The molecule has 16 heavy (non-hydrogen) atoms. The van der Waals surface area contributed by atoms with Crippen molar-refractivity contribution in [3.05, 3.63) is 0 Å². The summed E-state index contributed by atoms with van der Waals surface area (Å²) in [5.74, 6) is 0. The third-order valence-electron chi connectivity index (χ3n) is 3.42. The van der Waals surface area contributed by atoms with E-state index in [1.54, 1.807) is 0 Å². The molecule has 0 unspecified atom stereocenters. The van der Waals surface area contributed by atoms with Crippen molar-refractivity contribution in [2.75, 3.05) is 0 Å². The minimum atomic E-state index is -0.392. The molecular weight excluding hydrogens is 222 g/mol. The van der Waals surface area contributed by atoms with Gasteiger partial charge in [-0.1, -0.05) is 57.8 Å². The molecule has 1 amide bonds. The quantitative estimate of drug-likeness (QED) is 0.531. The number of hydrogen-bond donors (Lipinski definition) is 1. The second-order valence-corrected chi connectivity index (χ2v) is 5.22. The number of nitrogens with one attached hydrogen (secondary N) is 1. The van der Waals surface area contributed by atoms with E-state index in [1.807, 2.05) is 0 Å². The van der Waals surface area contributed by atoms with Crippen LogP contribution in [0.2, 0.25) is 0 Å². The van der Waals surface area contributed by atoms with Crippen LogP contribution >= 0.6 is 11.6 Å². The van der Waals surface area contributed by atoms with Crippen molar-refractivity contribution in [3.63, 3.8) is 0 Å². The molecule has 0 spiro atoms. The summed E-state index contributed by atoms with van der Waals surface area (Å²) in [5, 5.41) is 2.47. The Balaban J connectivity index is 2.27. The van der Waals surface area contributed by atoms with E-state index >= 15 is 0 Å². The predicted octanol–water partition coefficient (Wildman–Crippen LogP) is 4.61. The van der Waals surface area contributed by atoms with Gasteiger partial charge in [-0.05, 0) is 24.4 Å². The lowest BCUT2D eigenvalue weighted by molar-refractivity contribution is 0.254. The average Bonchev–Trinajstić information content (AvgIpc) is 2.21. The van der Waals surface area contributed by atoms with Crippen LogP contribution in [0.3, 0.4) is 0 Å². The van der Waals surface area contributed by atoms with Gasteiger partial charge < -0.3 is 5.32 Å². The maximum atomic E-state index is 10.8. The number of carbonyl (C=O) groups is 1. The highest BCUT2D eigenvalue weighted by atomic mass is 35.5. The van der Waals surface area contributed by atoms with E-state index in [0.29, 0.717) is 6.04 Å². The monoisotopic (exact) mass is 245 g/mol. The summed E-state index contributed by atoms with van der Waals surface area (Å²) < 4.78 is 0. The Bertz CT molecular complexity index is 184. The molecule has 0 atom stereocenters. The van der Waals surface area contributed by atoms with Crippen LogP contribution in [0.15, 0.2) is 0 Å². The van der Waals surface area contributed by atoms with Crippen molar-refractivity contribution in [2.45, 2.75) is 76.7 Å². The van der Waals surface area contributed by atoms with Crippen LogP contribution in [0.25, 0.3) is 0 Å². The predicted molar refractivity (Wildman–Crippen MR) is 69.0 cm³/mol. The van der Waals surface area contributed by atoms with Crippen molar-refractivity contribution in [2.24, 2.45) is 0 Å². The van der Waals surface area contributed by atoms with E-state index in [-0.39, 0.29) is 0 Å². The number of halogens is 1. The van der Waals surface area contributed by atoms with Gasteiger partial charge in [0.25, 0.3) is 0 Å². The summed E-state index contributed by atoms with van der Waals surface area (Å²) in [5.41, 5.74) is 0. The third-order valence-corrected chi connectivity index (χ3v) is 3.53. The van der Waals surface area contributed by atoms with E-state index in [4.69, 9.17) is 11.6 Å². The van der Waals surface area contributed by atoms with Crippen LogP contribution in [-0.2, 0) is 0 Å². The Hall–Kier alpha value is -0.240. The summed E-state index contributed by atoms with van der Waals surface area (Å²) in [6.45, 7) is 0. The lowest BCUT2D eigenvalue weighted by atomic mass is 9.98. The van der Waals surface area contributed by atoms with E-state index in [0.717, 1.165) is 12.8 Å². The van der Waals surface area contributed by atoms with Gasteiger partial charge in [0.1, 0.15) is 0 Å². The lowest BCUT2D eigenvalue weighted by Gasteiger charge is -2.17. The Labute approximate surface area is 104 Å². The average molecular weight is 246 g/mol. The van der Waals surface area contributed by atoms with Crippen LogP contribution in [0.5, 0.6) is 0 Å². The van der Waals surface area contributed by atoms with Gasteiger partial charge in [-0.2, -0.15) is 0 Å². The number of amides is 1.